The number of carbonyl (C=O) groups is 3. The predicted molar refractivity (Wildman–Crippen MR) is 85.7 cm³/mol. The van der Waals surface area contributed by atoms with Gasteiger partial charge in [-0.3, -0.25) is 9.59 Å². The Morgan fingerprint density at radius 1 is 1.29 bits per heavy atom. The van der Waals surface area contributed by atoms with E-state index < -0.39 is 23.8 Å². The van der Waals surface area contributed by atoms with Gasteiger partial charge in [0, 0.05) is 16.8 Å². The van der Waals surface area contributed by atoms with E-state index in [9.17, 15) is 18.8 Å². The highest BCUT2D eigenvalue weighted by atomic mass is 35.5. The molecule has 0 saturated carbocycles. The zero-order valence-corrected chi connectivity index (χ0v) is 13.6. The summed E-state index contributed by atoms with van der Waals surface area (Å²) in [7, 11) is 0. The van der Waals surface area contributed by atoms with E-state index in [1.54, 1.807) is 0 Å². The van der Waals surface area contributed by atoms with Crippen LogP contribution in [0, 0.1) is 5.82 Å². The van der Waals surface area contributed by atoms with Gasteiger partial charge >= 0.3 is 5.97 Å². The number of H-pyrrole nitrogens is 1. The molecule has 2 N–H and O–H groups in total. The molecule has 0 radical (unpaired) electrons. The molecule has 1 heterocycles. The van der Waals surface area contributed by atoms with Gasteiger partial charge in [-0.2, -0.15) is 0 Å². The van der Waals surface area contributed by atoms with Crippen LogP contribution in [-0.2, 0) is 9.53 Å². The molecule has 24 heavy (non-hydrogen) atoms. The minimum atomic E-state index is -1.17. The fraction of sp³-hybridized carbons (Fsp3) is 0.188. The number of aromatic amines is 1. The van der Waals surface area contributed by atoms with E-state index in [4.69, 9.17) is 16.3 Å². The molecule has 2 aromatic rings. The molecule has 8 heteroatoms. The van der Waals surface area contributed by atoms with Crippen LogP contribution in [0.3, 0.4) is 0 Å². The molecule has 1 aromatic carbocycles. The van der Waals surface area contributed by atoms with Gasteiger partial charge in [0.25, 0.3) is 5.91 Å². The molecule has 0 fully saturated rings. The maximum absolute atomic E-state index is 13.6. The molecule has 0 spiro atoms. The summed E-state index contributed by atoms with van der Waals surface area (Å²) in [6.45, 7) is 2.70. The number of anilines is 1. The number of hydrogen-bond acceptors (Lipinski definition) is 4. The Hall–Kier alpha value is -2.67. The van der Waals surface area contributed by atoms with Crippen LogP contribution in [0.15, 0.2) is 30.5 Å². The third kappa shape index (κ3) is 4.20. The Balaban J connectivity index is 2.00. The van der Waals surface area contributed by atoms with Crippen LogP contribution in [0.4, 0.5) is 10.1 Å². The lowest BCUT2D eigenvalue weighted by molar-refractivity contribution is -0.123. The molecule has 0 aliphatic rings. The Labute approximate surface area is 142 Å². The summed E-state index contributed by atoms with van der Waals surface area (Å²) in [6, 6.07) is 5.09. The zero-order valence-electron chi connectivity index (χ0n) is 12.9. The lowest BCUT2D eigenvalue weighted by Crippen LogP contribution is -2.30. The molecular weight excluding hydrogens is 339 g/mol. The first-order chi connectivity index (χ1) is 11.3. The number of halogens is 2. The van der Waals surface area contributed by atoms with Crippen LogP contribution in [-0.4, -0.2) is 28.7 Å². The molecule has 126 valence electrons. The molecule has 1 amide bonds. The van der Waals surface area contributed by atoms with Gasteiger partial charge in [0.1, 0.15) is 11.5 Å². The van der Waals surface area contributed by atoms with Gasteiger partial charge in [0.2, 0.25) is 0 Å². The number of esters is 1. The molecule has 0 bridgehead atoms. The van der Waals surface area contributed by atoms with Crippen molar-refractivity contribution in [2.45, 2.75) is 20.0 Å². The molecule has 1 aromatic heterocycles. The second-order valence-electron chi connectivity index (χ2n) is 5.02. The number of carbonyl (C=O) groups excluding carboxylic acids is 3. The second kappa shape index (κ2) is 7.27. The lowest BCUT2D eigenvalue weighted by atomic mass is 10.2. The van der Waals surface area contributed by atoms with Crippen molar-refractivity contribution >= 4 is 34.9 Å². The van der Waals surface area contributed by atoms with Crippen molar-refractivity contribution in [3.05, 3.63) is 52.6 Å². The molecule has 1 atom stereocenters. The Morgan fingerprint density at radius 3 is 2.58 bits per heavy atom. The van der Waals surface area contributed by atoms with E-state index >= 15 is 0 Å². The summed E-state index contributed by atoms with van der Waals surface area (Å²) in [6.07, 6.45) is 0.198. The van der Waals surface area contributed by atoms with Gasteiger partial charge in [-0.25, -0.2) is 9.18 Å². The third-order valence-electron chi connectivity index (χ3n) is 3.15. The fourth-order valence-electron chi connectivity index (χ4n) is 1.82. The third-order valence-corrected chi connectivity index (χ3v) is 3.39. The number of Topliss-reactive ketones (excluding diaryl/α,β-unsaturated/α-hetero) is 1. The predicted octanol–water partition coefficient (Wildman–Crippen LogP) is 3.19. The normalized spacial score (nSPS) is 11.7. The van der Waals surface area contributed by atoms with E-state index in [-0.39, 0.29) is 22.2 Å². The van der Waals surface area contributed by atoms with Crippen LogP contribution in [0.5, 0.6) is 0 Å². The van der Waals surface area contributed by atoms with E-state index in [2.05, 4.69) is 10.3 Å². The first-order valence-corrected chi connectivity index (χ1v) is 7.32. The number of rotatable bonds is 5. The van der Waals surface area contributed by atoms with Crippen LogP contribution in [0.1, 0.15) is 34.7 Å². The highest BCUT2D eigenvalue weighted by Crippen LogP contribution is 2.19. The maximum Gasteiger partial charge on any atom is 0.355 e. The maximum atomic E-state index is 13.6. The quantitative estimate of drug-likeness (QED) is 0.639. The topological polar surface area (TPSA) is 88.3 Å². The van der Waals surface area contributed by atoms with E-state index in [0.29, 0.717) is 5.56 Å². The molecule has 2 rings (SSSR count). The lowest BCUT2D eigenvalue weighted by Gasteiger charge is -2.13. The minimum absolute atomic E-state index is 0.0394. The van der Waals surface area contributed by atoms with Crippen molar-refractivity contribution in [2.24, 2.45) is 0 Å². The summed E-state index contributed by atoms with van der Waals surface area (Å²) < 4.78 is 18.6. The van der Waals surface area contributed by atoms with Gasteiger partial charge in [-0.05, 0) is 38.1 Å². The van der Waals surface area contributed by atoms with E-state index in [0.717, 1.165) is 6.07 Å². The van der Waals surface area contributed by atoms with Crippen LogP contribution < -0.4 is 5.32 Å². The standard InChI is InChI=1S/C16H14ClFN2O4/c1-8(21)10-5-14(19-7-10)16(23)24-9(2)15(22)20-13-4-3-11(17)6-12(13)18/h3-7,9,19H,1-2H3,(H,20,22)/t9-/m0/s1. The summed E-state index contributed by atoms with van der Waals surface area (Å²) in [5.41, 5.74) is 0.283. The SMILES string of the molecule is CC(=O)c1c[nH]c(C(=O)O[C@@H](C)C(=O)Nc2ccc(Cl)cc2F)c1. The van der Waals surface area contributed by atoms with E-state index in [1.165, 1.54) is 38.2 Å². The van der Waals surface area contributed by atoms with Gasteiger partial charge in [0.15, 0.2) is 11.9 Å². The molecule has 0 aliphatic carbocycles. The van der Waals surface area contributed by atoms with Gasteiger partial charge < -0.3 is 15.0 Å². The number of ketones is 1. The first-order valence-electron chi connectivity index (χ1n) is 6.94. The van der Waals surface area contributed by atoms with Crippen molar-refractivity contribution in [2.75, 3.05) is 5.32 Å². The summed E-state index contributed by atoms with van der Waals surface area (Å²) in [4.78, 5) is 37.7. The molecule has 0 unspecified atom stereocenters. The average Bonchev–Trinajstić information content (AvgIpc) is 3.00. The summed E-state index contributed by atoms with van der Waals surface area (Å²) >= 11 is 5.63. The summed E-state index contributed by atoms with van der Waals surface area (Å²) in [5.74, 6) is -2.43. The van der Waals surface area contributed by atoms with Crippen molar-refractivity contribution in [3.63, 3.8) is 0 Å². The van der Waals surface area contributed by atoms with Gasteiger partial charge in [-0.1, -0.05) is 11.6 Å². The van der Waals surface area contributed by atoms with Crippen molar-refractivity contribution < 1.29 is 23.5 Å². The summed E-state index contributed by atoms with van der Waals surface area (Å²) in [5, 5.41) is 2.50. The highest BCUT2D eigenvalue weighted by molar-refractivity contribution is 6.30. The molecule has 6 nitrogen and oxygen atoms in total. The molecule has 0 saturated heterocycles. The van der Waals surface area contributed by atoms with Crippen molar-refractivity contribution in [1.29, 1.82) is 0 Å². The second-order valence-corrected chi connectivity index (χ2v) is 5.46. The first kappa shape index (κ1) is 17.7. The van der Waals surface area contributed by atoms with Crippen molar-refractivity contribution in [3.8, 4) is 0 Å². The van der Waals surface area contributed by atoms with E-state index in [1.807, 2.05) is 0 Å². The number of hydrogen-bond donors (Lipinski definition) is 2. The number of ether oxygens (including phenoxy) is 1. The van der Waals surface area contributed by atoms with Crippen molar-refractivity contribution in [1.82, 2.24) is 4.98 Å². The van der Waals surface area contributed by atoms with Crippen LogP contribution in [0.2, 0.25) is 5.02 Å². The van der Waals surface area contributed by atoms with Crippen LogP contribution in [0.25, 0.3) is 0 Å². The smallest absolute Gasteiger partial charge is 0.355 e. The average molecular weight is 353 g/mol. The minimum Gasteiger partial charge on any atom is -0.448 e. The van der Waals surface area contributed by atoms with Gasteiger partial charge in [0.05, 0.1) is 5.69 Å². The number of aromatic nitrogens is 1. The largest absolute Gasteiger partial charge is 0.448 e. The molecular formula is C16H14ClFN2O4. The Bertz CT molecular complexity index is 803. The van der Waals surface area contributed by atoms with Crippen LogP contribution >= 0.6 is 11.6 Å². The highest BCUT2D eigenvalue weighted by Gasteiger charge is 2.21. The number of amides is 1. The number of nitrogens with one attached hydrogen (secondary N) is 2. The number of benzene rings is 1. The zero-order chi connectivity index (χ0) is 17.9. The van der Waals surface area contributed by atoms with Gasteiger partial charge in [-0.15, -0.1) is 0 Å². The monoisotopic (exact) mass is 352 g/mol. The molecule has 0 aliphatic heterocycles. The Morgan fingerprint density at radius 2 is 2.00 bits per heavy atom. The Kier molecular flexibility index (Phi) is 5.35. The fourth-order valence-corrected chi connectivity index (χ4v) is 1.98.